The SMILES string of the molecule is CN(c1c(-c2cn[nH]c2)ncn2nc(N[C@H]3CCOC[C@H]3F)nc12)C12COC(C1)C2. The predicted octanol–water partition coefficient (Wildman–Crippen LogP) is 1.42. The lowest BCUT2D eigenvalue weighted by molar-refractivity contribution is 0.0284. The summed E-state index contributed by atoms with van der Waals surface area (Å²) >= 11 is 0. The van der Waals surface area contributed by atoms with Gasteiger partial charge in [0, 0.05) is 25.4 Å². The van der Waals surface area contributed by atoms with E-state index in [9.17, 15) is 4.39 Å². The number of ether oxygens (including phenoxy) is 2. The standard InChI is InChI=1S/C19H23FN8O2/c1-27(19-4-12(5-19)30-9-19)16-15(11-6-22-23-7-11)21-10-28-17(16)25-18(26-28)24-14-2-3-29-8-13(14)20/h6-7,10,12-14H,2-5,8-9H2,1H3,(H,22,23)(H,24,26)/t12?,13-,14+,19?/m1/s1. The van der Waals surface area contributed by atoms with Crippen molar-refractivity contribution in [2.45, 2.75) is 43.1 Å². The molecule has 3 saturated heterocycles. The van der Waals surface area contributed by atoms with E-state index in [1.807, 2.05) is 6.20 Å². The Morgan fingerprint density at radius 1 is 1.40 bits per heavy atom. The summed E-state index contributed by atoms with van der Waals surface area (Å²) in [7, 11) is 2.06. The fourth-order valence-electron chi connectivity index (χ4n) is 4.74. The molecular weight excluding hydrogens is 391 g/mol. The summed E-state index contributed by atoms with van der Waals surface area (Å²) in [6, 6.07) is -0.368. The Hall–Kier alpha value is -2.79. The molecule has 0 spiro atoms. The number of hydrogen-bond acceptors (Lipinski definition) is 8. The Balaban J connectivity index is 1.43. The number of halogens is 1. The largest absolute Gasteiger partial charge is 0.378 e. The summed E-state index contributed by atoms with van der Waals surface area (Å²) < 4.78 is 26.9. The van der Waals surface area contributed by atoms with Crippen molar-refractivity contribution in [2.24, 2.45) is 0 Å². The molecule has 10 nitrogen and oxygen atoms in total. The van der Waals surface area contributed by atoms with Gasteiger partial charge in [-0.15, -0.1) is 5.10 Å². The zero-order chi connectivity index (χ0) is 20.3. The van der Waals surface area contributed by atoms with Crippen molar-refractivity contribution < 1.29 is 13.9 Å². The number of aromatic nitrogens is 6. The molecule has 0 radical (unpaired) electrons. The van der Waals surface area contributed by atoms with Crippen molar-refractivity contribution in [1.82, 2.24) is 29.8 Å². The van der Waals surface area contributed by atoms with E-state index >= 15 is 0 Å². The highest BCUT2D eigenvalue weighted by molar-refractivity contribution is 5.85. The van der Waals surface area contributed by atoms with E-state index in [1.54, 1.807) is 17.0 Å². The van der Waals surface area contributed by atoms with Gasteiger partial charge in [-0.25, -0.2) is 9.37 Å². The van der Waals surface area contributed by atoms with E-state index in [0.29, 0.717) is 37.3 Å². The number of likely N-dealkylation sites (N-methyl/N-ethyl adjacent to an activating group) is 1. The lowest BCUT2D eigenvalue weighted by Gasteiger charge is -2.44. The molecule has 1 saturated carbocycles. The first kappa shape index (κ1) is 18.0. The van der Waals surface area contributed by atoms with Gasteiger partial charge in [0.1, 0.15) is 23.9 Å². The molecule has 3 aliphatic heterocycles. The molecule has 3 aromatic heterocycles. The van der Waals surface area contributed by atoms with Crippen LogP contribution in [0.2, 0.25) is 0 Å². The second-order valence-corrected chi connectivity index (χ2v) is 8.39. The first-order chi connectivity index (χ1) is 14.6. The number of H-pyrrole nitrogens is 1. The van der Waals surface area contributed by atoms with E-state index < -0.39 is 6.17 Å². The molecule has 2 N–H and O–H groups in total. The molecule has 11 heteroatoms. The maximum absolute atomic E-state index is 14.2. The van der Waals surface area contributed by atoms with Gasteiger partial charge in [0.25, 0.3) is 0 Å². The Labute approximate surface area is 171 Å². The molecule has 4 aliphatic rings. The zero-order valence-corrected chi connectivity index (χ0v) is 16.6. The van der Waals surface area contributed by atoms with Crippen LogP contribution in [0.4, 0.5) is 16.0 Å². The van der Waals surface area contributed by atoms with Gasteiger partial charge in [0.2, 0.25) is 5.95 Å². The van der Waals surface area contributed by atoms with E-state index in [1.165, 1.54) is 0 Å². The van der Waals surface area contributed by atoms with Crippen LogP contribution in [0.5, 0.6) is 0 Å². The molecular formula is C19H23FN8O2. The molecule has 2 atom stereocenters. The molecule has 0 amide bonds. The lowest BCUT2D eigenvalue weighted by atomic mass is 9.76. The maximum Gasteiger partial charge on any atom is 0.243 e. The third-order valence-corrected chi connectivity index (χ3v) is 6.59. The summed E-state index contributed by atoms with van der Waals surface area (Å²) in [5.74, 6) is 0.386. The minimum Gasteiger partial charge on any atom is -0.378 e. The van der Waals surface area contributed by atoms with Crippen molar-refractivity contribution in [3.63, 3.8) is 0 Å². The molecule has 3 aromatic rings. The highest BCUT2D eigenvalue weighted by Crippen LogP contribution is 2.49. The molecule has 2 bridgehead atoms. The topological polar surface area (TPSA) is 105 Å². The molecule has 4 fully saturated rings. The minimum atomic E-state index is -1.09. The highest BCUT2D eigenvalue weighted by atomic mass is 19.1. The first-order valence-corrected chi connectivity index (χ1v) is 10.2. The fraction of sp³-hybridized carbons (Fsp3) is 0.579. The Kier molecular flexibility index (Phi) is 3.97. The third-order valence-electron chi connectivity index (χ3n) is 6.59. The van der Waals surface area contributed by atoms with Crippen molar-refractivity contribution in [3.05, 3.63) is 18.7 Å². The molecule has 0 unspecified atom stereocenters. The second kappa shape index (κ2) is 6.61. The van der Waals surface area contributed by atoms with Crippen LogP contribution in [0.1, 0.15) is 19.3 Å². The first-order valence-electron chi connectivity index (χ1n) is 10.2. The van der Waals surface area contributed by atoms with Crippen LogP contribution in [0.3, 0.4) is 0 Å². The summed E-state index contributed by atoms with van der Waals surface area (Å²) in [5.41, 5.74) is 3.12. The summed E-state index contributed by atoms with van der Waals surface area (Å²) in [6.07, 6.45) is 6.98. The summed E-state index contributed by atoms with van der Waals surface area (Å²) in [4.78, 5) is 11.6. The summed E-state index contributed by atoms with van der Waals surface area (Å²) in [5, 5.41) is 14.6. The number of hydrogen-bond donors (Lipinski definition) is 2. The number of rotatable bonds is 5. The molecule has 1 aliphatic carbocycles. The minimum absolute atomic E-state index is 0.0586. The van der Waals surface area contributed by atoms with Gasteiger partial charge in [-0.2, -0.15) is 14.6 Å². The van der Waals surface area contributed by atoms with E-state index in [0.717, 1.165) is 29.8 Å². The molecule has 6 heterocycles. The third kappa shape index (κ3) is 2.68. The lowest BCUT2D eigenvalue weighted by Crippen LogP contribution is -2.54. The predicted molar refractivity (Wildman–Crippen MR) is 106 cm³/mol. The van der Waals surface area contributed by atoms with Crippen LogP contribution in [0.15, 0.2) is 18.7 Å². The van der Waals surface area contributed by atoms with Crippen LogP contribution in [0.25, 0.3) is 16.9 Å². The van der Waals surface area contributed by atoms with E-state index in [2.05, 4.69) is 37.5 Å². The van der Waals surface area contributed by atoms with Gasteiger partial charge in [0.05, 0.1) is 37.1 Å². The maximum atomic E-state index is 14.2. The van der Waals surface area contributed by atoms with Gasteiger partial charge >= 0.3 is 0 Å². The Morgan fingerprint density at radius 2 is 2.30 bits per heavy atom. The van der Waals surface area contributed by atoms with E-state index in [-0.39, 0.29) is 18.2 Å². The van der Waals surface area contributed by atoms with Crippen LogP contribution < -0.4 is 10.2 Å². The van der Waals surface area contributed by atoms with Gasteiger partial charge in [-0.1, -0.05) is 0 Å². The van der Waals surface area contributed by atoms with Crippen molar-refractivity contribution in [1.29, 1.82) is 0 Å². The molecule has 158 valence electrons. The molecule has 0 aromatic carbocycles. The normalized spacial score (nSPS) is 30.4. The smallest absolute Gasteiger partial charge is 0.243 e. The quantitative estimate of drug-likeness (QED) is 0.646. The summed E-state index contributed by atoms with van der Waals surface area (Å²) in [6.45, 7) is 1.30. The average molecular weight is 414 g/mol. The number of alkyl halides is 1. The molecule has 30 heavy (non-hydrogen) atoms. The van der Waals surface area contributed by atoms with Crippen LogP contribution in [-0.4, -0.2) is 80.5 Å². The fourth-order valence-corrected chi connectivity index (χ4v) is 4.74. The number of nitrogens with one attached hydrogen (secondary N) is 2. The number of fused-ring (bicyclic) bond motifs is 2. The second-order valence-electron chi connectivity index (χ2n) is 8.39. The van der Waals surface area contributed by atoms with Crippen LogP contribution in [0, 0.1) is 0 Å². The van der Waals surface area contributed by atoms with Gasteiger partial charge in [0.15, 0.2) is 5.65 Å². The number of anilines is 2. The van der Waals surface area contributed by atoms with Crippen molar-refractivity contribution in [2.75, 3.05) is 37.1 Å². The number of aromatic amines is 1. The monoisotopic (exact) mass is 414 g/mol. The van der Waals surface area contributed by atoms with Gasteiger partial charge < -0.3 is 19.7 Å². The van der Waals surface area contributed by atoms with Crippen molar-refractivity contribution in [3.8, 4) is 11.3 Å². The highest BCUT2D eigenvalue weighted by Gasteiger charge is 2.55. The molecule has 7 rings (SSSR count). The number of nitrogens with zero attached hydrogens (tertiary/aromatic N) is 6. The van der Waals surface area contributed by atoms with E-state index in [4.69, 9.17) is 14.5 Å². The Morgan fingerprint density at radius 3 is 3.03 bits per heavy atom. The van der Waals surface area contributed by atoms with Gasteiger partial charge in [-0.05, 0) is 19.3 Å². The van der Waals surface area contributed by atoms with Crippen LogP contribution >= 0.6 is 0 Å². The average Bonchev–Trinajstić information content (AvgIpc) is 3.50. The zero-order valence-electron chi connectivity index (χ0n) is 16.6. The van der Waals surface area contributed by atoms with Gasteiger partial charge in [-0.3, -0.25) is 5.10 Å². The van der Waals surface area contributed by atoms with Crippen LogP contribution in [-0.2, 0) is 9.47 Å². The Bertz CT molecular complexity index is 1060. The van der Waals surface area contributed by atoms with Crippen molar-refractivity contribution >= 4 is 17.3 Å².